The van der Waals surface area contributed by atoms with E-state index in [-0.39, 0.29) is 30.7 Å². The second kappa shape index (κ2) is 9.94. The smallest absolute Gasteiger partial charge is 0.234 e. The van der Waals surface area contributed by atoms with Gasteiger partial charge in [0.25, 0.3) is 0 Å². The summed E-state index contributed by atoms with van der Waals surface area (Å²) in [5.74, 6) is 0.893. The third-order valence-electron chi connectivity index (χ3n) is 2.09. The number of aromatic nitrogens is 1. The average Bonchev–Trinajstić information content (AvgIpc) is 2.27. The lowest BCUT2D eigenvalue weighted by molar-refractivity contribution is -0.120. The number of rotatable bonds is 5. The lowest BCUT2D eigenvalue weighted by Crippen LogP contribution is -2.31. The second-order valence-corrected chi connectivity index (χ2v) is 3.73. The van der Waals surface area contributed by atoms with Crippen LogP contribution in [0.4, 0.5) is 5.82 Å². The molecule has 0 fully saturated rings. The molecule has 0 bridgehead atoms. The molecule has 2 N–H and O–H groups in total. The van der Waals surface area contributed by atoms with Crippen LogP contribution in [0.3, 0.4) is 0 Å². The summed E-state index contributed by atoms with van der Waals surface area (Å²) in [6, 6.07) is 3.89. The van der Waals surface area contributed by atoms with E-state index in [1.54, 1.807) is 13.2 Å². The van der Waals surface area contributed by atoms with Gasteiger partial charge in [-0.15, -0.1) is 24.8 Å². The molecule has 0 spiro atoms. The molecular weight excluding hydrogens is 275 g/mol. The number of nitrogens with one attached hydrogen (secondary N) is 2. The minimum atomic E-state index is -0.0146. The Morgan fingerprint density at radius 2 is 2.00 bits per heavy atom. The standard InChI is InChI=1S/C11H18N4O.2ClH/c1-12-8-11(16)14-7-9-4-5-10(13-6-9)15(2)3;;/h4-6,12H,7-8H2,1-3H3,(H,14,16);2*1H. The molecule has 1 rings (SSSR count). The number of halogens is 2. The number of pyridine rings is 1. The van der Waals surface area contributed by atoms with Gasteiger partial charge in [0.1, 0.15) is 5.82 Å². The van der Waals surface area contributed by atoms with E-state index in [0.29, 0.717) is 13.1 Å². The molecule has 7 heteroatoms. The first-order valence-corrected chi connectivity index (χ1v) is 5.17. The zero-order chi connectivity index (χ0) is 12.0. The van der Waals surface area contributed by atoms with Gasteiger partial charge >= 0.3 is 0 Å². The SMILES string of the molecule is CNCC(=O)NCc1ccc(N(C)C)nc1.Cl.Cl. The number of hydrogen-bond acceptors (Lipinski definition) is 4. The van der Waals surface area contributed by atoms with E-state index in [0.717, 1.165) is 11.4 Å². The fourth-order valence-electron chi connectivity index (χ4n) is 1.21. The van der Waals surface area contributed by atoms with Crippen LogP contribution in [0.25, 0.3) is 0 Å². The molecule has 0 radical (unpaired) electrons. The minimum Gasteiger partial charge on any atom is -0.363 e. The van der Waals surface area contributed by atoms with Gasteiger partial charge in [-0.3, -0.25) is 4.79 Å². The number of carbonyl (C=O) groups is 1. The molecule has 0 aromatic carbocycles. The highest BCUT2D eigenvalue weighted by molar-refractivity contribution is 5.85. The Morgan fingerprint density at radius 3 is 2.44 bits per heavy atom. The van der Waals surface area contributed by atoms with Crippen molar-refractivity contribution >= 4 is 36.5 Å². The summed E-state index contributed by atoms with van der Waals surface area (Å²) in [5, 5.41) is 5.59. The predicted molar refractivity (Wildman–Crippen MR) is 78.8 cm³/mol. The first-order chi connectivity index (χ1) is 7.63. The Bertz CT molecular complexity index is 343. The first-order valence-electron chi connectivity index (χ1n) is 5.17. The van der Waals surface area contributed by atoms with Gasteiger partial charge in [-0.25, -0.2) is 4.98 Å². The molecule has 104 valence electrons. The Balaban J connectivity index is 0. The Morgan fingerprint density at radius 1 is 1.33 bits per heavy atom. The number of amides is 1. The molecule has 18 heavy (non-hydrogen) atoms. The van der Waals surface area contributed by atoms with Gasteiger partial charge in [-0.2, -0.15) is 0 Å². The van der Waals surface area contributed by atoms with Crippen molar-refractivity contribution in [3.8, 4) is 0 Å². The fraction of sp³-hybridized carbons (Fsp3) is 0.455. The number of hydrogen-bond donors (Lipinski definition) is 2. The van der Waals surface area contributed by atoms with Crippen molar-refractivity contribution in [1.82, 2.24) is 15.6 Å². The molecule has 0 aliphatic rings. The van der Waals surface area contributed by atoms with Gasteiger partial charge in [-0.1, -0.05) is 6.07 Å². The monoisotopic (exact) mass is 294 g/mol. The zero-order valence-electron chi connectivity index (χ0n) is 10.8. The quantitative estimate of drug-likeness (QED) is 0.845. The zero-order valence-corrected chi connectivity index (χ0v) is 12.4. The summed E-state index contributed by atoms with van der Waals surface area (Å²) in [7, 11) is 5.63. The van der Waals surface area contributed by atoms with Crippen LogP contribution in [0.1, 0.15) is 5.56 Å². The van der Waals surface area contributed by atoms with Crippen molar-refractivity contribution in [3.05, 3.63) is 23.9 Å². The van der Waals surface area contributed by atoms with Crippen LogP contribution in [-0.2, 0) is 11.3 Å². The molecule has 1 amide bonds. The molecule has 1 heterocycles. The van der Waals surface area contributed by atoms with E-state index in [1.807, 2.05) is 31.1 Å². The van der Waals surface area contributed by atoms with E-state index < -0.39 is 0 Å². The molecule has 1 aromatic rings. The molecule has 0 saturated carbocycles. The van der Waals surface area contributed by atoms with Gasteiger partial charge in [-0.05, 0) is 18.7 Å². The fourth-order valence-corrected chi connectivity index (χ4v) is 1.21. The van der Waals surface area contributed by atoms with E-state index in [1.165, 1.54) is 0 Å². The van der Waals surface area contributed by atoms with Crippen molar-refractivity contribution in [2.75, 3.05) is 32.6 Å². The average molecular weight is 295 g/mol. The van der Waals surface area contributed by atoms with E-state index in [9.17, 15) is 4.79 Å². The molecule has 0 aliphatic carbocycles. The van der Waals surface area contributed by atoms with Crippen molar-refractivity contribution in [2.24, 2.45) is 0 Å². The molecule has 0 atom stereocenters. The lowest BCUT2D eigenvalue weighted by Gasteiger charge is -2.11. The number of anilines is 1. The Hall–Kier alpha value is -1.04. The van der Waals surface area contributed by atoms with Crippen LogP contribution < -0.4 is 15.5 Å². The predicted octanol–water partition coefficient (Wildman–Crippen LogP) is 0.827. The number of nitrogens with zero attached hydrogens (tertiary/aromatic N) is 2. The van der Waals surface area contributed by atoms with Crippen LogP contribution >= 0.6 is 24.8 Å². The Labute approximate surface area is 120 Å². The highest BCUT2D eigenvalue weighted by atomic mass is 35.5. The van der Waals surface area contributed by atoms with Crippen LogP contribution in [0.15, 0.2) is 18.3 Å². The minimum absolute atomic E-state index is 0. The topological polar surface area (TPSA) is 57.3 Å². The molecule has 5 nitrogen and oxygen atoms in total. The van der Waals surface area contributed by atoms with Crippen molar-refractivity contribution in [1.29, 1.82) is 0 Å². The summed E-state index contributed by atoms with van der Waals surface area (Å²) in [6.45, 7) is 0.852. The summed E-state index contributed by atoms with van der Waals surface area (Å²) in [6.07, 6.45) is 1.77. The summed E-state index contributed by atoms with van der Waals surface area (Å²) in [4.78, 5) is 17.4. The van der Waals surface area contributed by atoms with Crippen LogP contribution in [0.5, 0.6) is 0 Å². The third-order valence-corrected chi connectivity index (χ3v) is 2.09. The third kappa shape index (κ3) is 6.64. The summed E-state index contributed by atoms with van der Waals surface area (Å²) >= 11 is 0. The van der Waals surface area contributed by atoms with E-state index in [2.05, 4.69) is 15.6 Å². The van der Waals surface area contributed by atoms with E-state index >= 15 is 0 Å². The largest absolute Gasteiger partial charge is 0.363 e. The number of carbonyl (C=O) groups excluding carboxylic acids is 1. The first kappa shape index (κ1) is 19.3. The van der Waals surface area contributed by atoms with Gasteiger partial charge in [0, 0.05) is 26.8 Å². The van der Waals surface area contributed by atoms with Gasteiger partial charge in [0.15, 0.2) is 0 Å². The highest BCUT2D eigenvalue weighted by Crippen LogP contribution is 2.07. The van der Waals surface area contributed by atoms with Gasteiger partial charge in [0.2, 0.25) is 5.91 Å². The van der Waals surface area contributed by atoms with Crippen molar-refractivity contribution in [3.63, 3.8) is 0 Å². The molecule has 0 unspecified atom stereocenters. The lowest BCUT2D eigenvalue weighted by atomic mass is 10.3. The summed E-state index contributed by atoms with van der Waals surface area (Å²) in [5.41, 5.74) is 0.995. The van der Waals surface area contributed by atoms with Crippen LogP contribution in [-0.4, -0.2) is 38.6 Å². The maximum Gasteiger partial charge on any atom is 0.234 e. The number of likely N-dealkylation sites (N-methyl/N-ethyl adjacent to an activating group) is 1. The van der Waals surface area contributed by atoms with Crippen LogP contribution in [0.2, 0.25) is 0 Å². The maximum atomic E-state index is 11.2. The molecular formula is C11H20Cl2N4O. The Kier molecular flexibility index (Phi) is 10.7. The van der Waals surface area contributed by atoms with E-state index in [4.69, 9.17) is 0 Å². The van der Waals surface area contributed by atoms with Crippen molar-refractivity contribution < 1.29 is 4.79 Å². The molecule has 1 aromatic heterocycles. The molecule has 0 saturated heterocycles. The van der Waals surface area contributed by atoms with Crippen molar-refractivity contribution in [2.45, 2.75) is 6.54 Å². The van der Waals surface area contributed by atoms with Gasteiger partial charge in [0.05, 0.1) is 6.54 Å². The molecule has 0 aliphatic heterocycles. The van der Waals surface area contributed by atoms with Gasteiger partial charge < -0.3 is 15.5 Å². The van der Waals surface area contributed by atoms with Crippen LogP contribution in [0, 0.1) is 0 Å². The summed E-state index contributed by atoms with van der Waals surface area (Å²) < 4.78 is 0. The maximum absolute atomic E-state index is 11.2. The highest BCUT2D eigenvalue weighted by Gasteiger charge is 2.00. The second-order valence-electron chi connectivity index (χ2n) is 3.73. The normalized spacial score (nSPS) is 8.83.